The first-order valence-corrected chi connectivity index (χ1v) is 6.08. The molecule has 0 radical (unpaired) electrons. The quantitative estimate of drug-likeness (QED) is 0.635. The Morgan fingerprint density at radius 3 is 2.83 bits per heavy atom. The standard InChI is InChI=1S/C10H11N5O2S/c1-11-9-8(15(16)17)10(14-6-13-9)12-4-7-2-3-18-5-7/h2-3,5-6H,4H2,1H3,(H2,11,12,13,14). The van der Waals surface area contributed by atoms with Crippen molar-refractivity contribution in [3.8, 4) is 0 Å². The summed E-state index contributed by atoms with van der Waals surface area (Å²) in [4.78, 5) is 18.2. The topological polar surface area (TPSA) is 93.0 Å². The van der Waals surface area contributed by atoms with Gasteiger partial charge in [-0.05, 0) is 22.4 Å². The van der Waals surface area contributed by atoms with Crippen LogP contribution in [0.5, 0.6) is 0 Å². The molecular weight excluding hydrogens is 254 g/mol. The summed E-state index contributed by atoms with van der Waals surface area (Å²) in [6.45, 7) is 0.491. The maximum absolute atomic E-state index is 11.0. The Kier molecular flexibility index (Phi) is 3.68. The maximum atomic E-state index is 11.0. The van der Waals surface area contributed by atoms with Gasteiger partial charge in [0, 0.05) is 13.6 Å². The summed E-state index contributed by atoms with van der Waals surface area (Å²) in [5.74, 6) is 0.411. The van der Waals surface area contributed by atoms with Crippen LogP contribution in [-0.2, 0) is 6.54 Å². The highest BCUT2D eigenvalue weighted by Crippen LogP contribution is 2.28. The Bertz CT molecular complexity index is 543. The van der Waals surface area contributed by atoms with Crippen LogP contribution in [0, 0.1) is 10.1 Å². The first kappa shape index (κ1) is 12.2. The van der Waals surface area contributed by atoms with Gasteiger partial charge in [0.1, 0.15) is 6.33 Å². The molecule has 0 aliphatic heterocycles. The Hall–Kier alpha value is -2.22. The number of nitrogens with zero attached hydrogens (tertiary/aromatic N) is 3. The highest BCUT2D eigenvalue weighted by atomic mass is 32.1. The van der Waals surface area contributed by atoms with Crippen LogP contribution in [-0.4, -0.2) is 21.9 Å². The second kappa shape index (κ2) is 5.41. The van der Waals surface area contributed by atoms with Crippen LogP contribution in [0.3, 0.4) is 0 Å². The van der Waals surface area contributed by atoms with Crippen molar-refractivity contribution in [2.24, 2.45) is 0 Å². The summed E-state index contributed by atoms with van der Waals surface area (Å²) in [7, 11) is 1.58. The second-order valence-electron chi connectivity index (χ2n) is 3.41. The van der Waals surface area contributed by atoms with E-state index in [1.165, 1.54) is 6.33 Å². The second-order valence-corrected chi connectivity index (χ2v) is 4.19. The van der Waals surface area contributed by atoms with Crippen molar-refractivity contribution >= 4 is 28.7 Å². The summed E-state index contributed by atoms with van der Waals surface area (Å²) in [6.07, 6.45) is 1.29. The molecule has 94 valence electrons. The fourth-order valence-electron chi connectivity index (χ4n) is 1.44. The Morgan fingerprint density at radius 2 is 2.22 bits per heavy atom. The van der Waals surface area contributed by atoms with E-state index in [9.17, 15) is 10.1 Å². The molecule has 0 atom stereocenters. The van der Waals surface area contributed by atoms with Gasteiger partial charge in [0.25, 0.3) is 0 Å². The molecule has 0 amide bonds. The van der Waals surface area contributed by atoms with Crippen molar-refractivity contribution in [3.63, 3.8) is 0 Å². The van der Waals surface area contributed by atoms with Crippen LogP contribution in [0.4, 0.5) is 17.3 Å². The van der Waals surface area contributed by atoms with E-state index in [0.717, 1.165) is 5.56 Å². The number of nitrogens with one attached hydrogen (secondary N) is 2. The predicted molar refractivity (Wildman–Crippen MR) is 69.9 cm³/mol. The molecule has 0 fully saturated rings. The van der Waals surface area contributed by atoms with E-state index < -0.39 is 4.92 Å². The molecule has 7 nitrogen and oxygen atoms in total. The van der Waals surface area contributed by atoms with Crippen LogP contribution in [0.15, 0.2) is 23.2 Å². The molecule has 0 aliphatic carbocycles. The molecule has 18 heavy (non-hydrogen) atoms. The summed E-state index contributed by atoms with van der Waals surface area (Å²) < 4.78 is 0. The zero-order chi connectivity index (χ0) is 13.0. The van der Waals surface area contributed by atoms with E-state index in [4.69, 9.17) is 0 Å². The van der Waals surface area contributed by atoms with Crippen molar-refractivity contribution in [2.75, 3.05) is 17.7 Å². The lowest BCUT2D eigenvalue weighted by Crippen LogP contribution is -2.07. The monoisotopic (exact) mass is 265 g/mol. The third-order valence-corrected chi connectivity index (χ3v) is 3.01. The molecule has 8 heteroatoms. The van der Waals surface area contributed by atoms with Gasteiger partial charge in [0.2, 0.25) is 11.6 Å². The summed E-state index contributed by atoms with van der Waals surface area (Å²) >= 11 is 1.57. The number of anilines is 2. The third-order valence-electron chi connectivity index (χ3n) is 2.28. The normalized spacial score (nSPS) is 10.1. The van der Waals surface area contributed by atoms with Crippen LogP contribution in [0.25, 0.3) is 0 Å². The molecule has 0 saturated heterocycles. The number of hydrogen-bond acceptors (Lipinski definition) is 7. The van der Waals surface area contributed by atoms with Gasteiger partial charge in [-0.2, -0.15) is 11.3 Å². The first-order valence-electron chi connectivity index (χ1n) is 5.14. The predicted octanol–water partition coefficient (Wildman–Crippen LogP) is 2.10. The molecule has 2 heterocycles. The molecule has 0 spiro atoms. The van der Waals surface area contributed by atoms with Crippen molar-refractivity contribution in [1.82, 2.24) is 9.97 Å². The number of thiophene rings is 1. The van der Waals surface area contributed by atoms with Gasteiger partial charge in [0.15, 0.2) is 0 Å². The molecular formula is C10H11N5O2S. The minimum atomic E-state index is -0.498. The average Bonchev–Trinajstić information content (AvgIpc) is 2.88. The van der Waals surface area contributed by atoms with Gasteiger partial charge in [-0.3, -0.25) is 10.1 Å². The molecule has 2 N–H and O–H groups in total. The van der Waals surface area contributed by atoms with E-state index in [0.29, 0.717) is 6.54 Å². The highest BCUT2D eigenvalue weighted by Gasteiger charge is 2.21. The Morgan fingerprint density at radius 1 is 1.44 bits per heavy atom. The maximum Gasteiger partial charge on any atom is 0.353 e. The van der Waals surface area contributed by atoms with Gasteiger partial charge in [0.05, 0.1) is 4.92 Å². The fraction of sp³-hybridized carbons (Fsp3) is 0.200. The van der Waals surface area contributed by atoms with Gasteiger partial charge in [-0.25, -0.2) is 9.97 Å². The lowest BCUT2D eigenvalue weighted by Gasteiger charge is -2.07. The minimum absolute atomic E-state index is 0.143. The smallest absolute Gasteiger partial charge is 0.353 e. The summed E-state index contributed by atoms with van der Waals surface area (Å²) in [6, 6.07) is 1.95. The summed E-state index contributed by atoms with van der Waals surface area (Å²) in [5, 5.41) is 20.6. The molecule has 0 aliphatic rings. The molecule has 2 rings (SSSR count). The molecule has 0 unspecified atom stereocenters. The highest BCUT2D eigenvalue weighted by molar-refractivity contribution is 7.07. The zero-order valence-corrected chi connectivity index (χ0v) is 10.4. The fourth-order valence-corrected chi connectivity index (χ4v) is 2.11. The van der Waals surface area contributed by atoms with E-state index >= 15 is 0 Å². The Balaban J connectivity index is 2.24. The van der Waals surface area contributed by atoms with Crippen molar-refractivity contribution in [3.05, 3.63) is 38.8 Å². The molecule has 0 aromatic carbocycles. The van der Waals surface area contributed by atoms with Crippen LogP contribution in [0.1, 0.15) is 5.56 Å². The van der Waals surface area contributed by atoms with Gasteiger partial charge >= 0.3 is 5.69 Å². The molecule has 2 aromatic heterocycles. The van der Waals surface area contributed by atoms with Gasteiger partial charge in [-0.15, -0.1) is 0 Å². The van der Waals surface area contributed by atoms with Crippen molar-refractivity contribution in [1.29, 1.82) is 0 Å². The third kappa shape index (κ3) is 2.54. The minimum Gasteiger partial charge on any atom is -0.367 e. The number of aromatic nitrogens is 2. The van der Waals surface area contributed by atoms with E-state index in [1.807, 2.05) is 16.8 Å². The molecule has 2 aromatic rings. The SMILES string of the molecule is CNc1ncnc(NCc2ccsc2)c1[N+](=O)[O-]. The summed E-state index contributed by atoms with van der Waals surface area (Å²) in [5.41, 5.74) is 0.911. The lowest BCUT2D eigenvalue weighted by molar-refractivity contribution is -0.383. The van der Waals surface area contributed by atoms with Crippen LogP contribution < -0.4 is 10.6 Å². The van der Waals surface area contributed by atoms with E-state index in [-0.39, 0.29) is 17.3 Å². The number of nitro groups is 1. The van der Waals surface area contributed by atoms with Crippen molar-refractivity contribution < 1.29 is 4.92 Å². The zero-order valence-electron chi connectivity index (χ0n) is 9.58. The number of rotatable bonds is 5. The van der Waals surface area contributed by atoms with Gasteiger partial charge in [-0.1, -0.05) is 0 Å². The number of hydrogen-bond donors (Lipinski definition) is 2. The van der Waals surface area contributed by atoms with E-state index in [2.05, 4.69) is 20.6 Å². The lowest BCUT2D eigenvalue weighted by atomic mass is 10.3. The first-order chi connectivity index (χ1) is 8.72. The van der Waals surface area contributed by atoms with Crippen molar-refractivity contribution in [2.45, 2.75) is 6.54 Å². The van der Waals surface area contributed by atoms with Crippen LogP contribution >= 0.6 is 11.3 Å². The van der Waals surface area contributed by atoms with Crippen LogP contribution in [0.2, 0.25) is 0 Å². The van der Waals surface area contributed by atoms with E-state index in [1.54, 1.807) is 18.4 Å². The molecule has 0 bridgehead atoms. The average molecular weight is 265 g/mol. The van der Waals surface area contributed by atoms with Gasteiger partial charge < -0.3 is 10.6 Å². The largest absolute Gasteiger partial charge is 0.367 e. The molecule has 0 saturated carbocycles. The Labute approximate surface area is 107 Å².